The Bertz CT molecular complexity index is 458. The molecular formula is C13H15NO4. The van der Waals surface area contributed by atoms with Crippen LogP contribution < -0.4 is 10.1 Å². The van der Waals surface area contributed by atoms with Crippen molar-refractivity contribution in [3.8, 4) is 5.75 Å². The highest BCUT2D eigenvalue weighted by atomic mass is 16.5. The molecular weight excluding hydrogens is 234 g/mol. The van der Waals surface area contributed by atoms with Gasteiger partial charge < -0.3 is 15.2 Å². The summed E-state index contributed by atoms with van der Waals surface area (Å²) in [6, 6.07) is 5.03. The second-order valence-electron chi connectivity index (χ2n) is 4.21. The Labute approximate surface area is 105 Å². The lowest BCUT2D eigenvalue weighted by molar-refractivity contribution is -0.137. The lowest BCUT2D eigenvalue weighted by atomic mass is 9.93. The molecule has 5 nitrogen and oxygen atoms in total. The molecule has 1 atom stereocenters. The van der Waals surface area contributed by atoms with Crippen molar-refractivity contribution in [3.05, 3.63) is 29.3 Å². The minimum atomic E-state index is -0.941. The van der Waals surface area contributed by atoms with Gasteiger partial charge in [-0.2, -0.15) is 0 Å². The maximum atomic E-state index is 10.8. The van der Waals surface area contributed by atoms with Crippen molar-refractivity contribution in [1.29, 1.82) is 0 Å². The number of rotatable bonds is 5. The molecule has 1 amide bonds. The van der Waals surface area contributed by atoms with Crippen molar-refractivity contribution >= 4 is 12.4 Å². The largest absolute Gasteiger partial charge is 0.493 e. The smallest absolute Gasteiger partial charge is 0.305 e. The average Bonchev–Trinajstić information content (AvgIpc) is 2.37. The Balaban J connectivity index is 2.34. The number of hydrogen-bond acceptors (Lipinski definition) is 3. The third-order valence-corrected chi connectivity index (χ3v) is 3.02. The number of benzene rings is 1. The molecule has 1 aliphatic rings. The molecule has 0 radical (unpaired) electrons. The Morgan fingerprint density at radius 2 is 2.39 bits per heavy atom. The van der Waals surface area contributed by atoms with Gasteiger partial charge in [0, 0.05) is 0 Å². The SMILES string of the molecule is O=CNC(CC(=O)O)c1cccc2c1CCCO2. The first-order valence-corrected chi connectivity index (χ1v) is 5.88. The molecule has 1 heterocycles. The van der Waals surface area contributed by atoms with Gasteiger partial charge in [-0.15, -0.1) is 0 Å². The van der Waals surface area contributed by atoms with Gasteiger partial charge in [0.25, 0.3) is 0 Å². The zero-order valence-corrected chi connectivity index (χ0v) is 9.89. The van der Waals surface area contributed by atoms with E-state index in [1.54, 1.807) is 0 Å². The normalized spacial score (nSPS) is 15.1. The summed E-state index contributed by atoms with van der Waals surface area (Å²) >= 11 is 0. The molecule has 0 saturated heterocycles. The van der Waals surface area contributed by atoms with E-state index in [2.05, 4.69) is 5.32 Å². The van der Waals surface area contributed by atoms with E-state index in [4.69, 9.17) is 9.84 Å². The Morgan fingerprint density at radius 3 is 3.11 bits per heavy atom. The van der Waals surface area contributed by atoms with E-state index in [1.807, 2.05) is 18.2 Å². The maximum Gasteiger partial charge on any atom is 0.305 e. The van der Waals surface area contributed by atoms with E-state index < -0.39 is 12.0 Å². The van der Waals surface area contributed by atoms with E-state index in [1.165, 1.54) is 0 Å². The van der Waals surface area contributed by atoms with Crippen LogP contribution in [0.5, 0.6) is 5.75 Å². The summed E-state index contributed by atoms with van der Waals surface area (Å²) in [6.07, 6.45) is 2.17. The molecule has 2 rings (SSSR count). The quantitative estimate of drug-likeness (QED) is 0.771. The molecule has 5 heteroatoms. The molecule has 0 bridgehead atoms. The third-order valence-electron chi connectivity index (χ3n) is 3.02. The zero-order chi connectivity index (χ0) is 13.0. The zero-order valence-electron chi connectivity index (χ0n) is 9.89. The molecule has 1 aromatic rings. The van der Waals surface area contributed by atoms with Crippen LogP contribution in [0.3, 0.4) is 0 Å². The molecule has 0 saturated carbocycles. The number of fused-ring (bicyclic) bond motifs is 1. The monoisotopic (exact) mass is 249 g/mol. The second kappa shape index (κ2) is 5.53. The number of ether oxygens (including phenoxy) is 1. The Kier molecular flexibility index (Phi) is 3.82. The Morgan fingerprint density at radius 1 is 1.56 bits per heavy atom. The highest BCUT2D eigenvalue weighted by Gasteiger charge is 2.21. The van der Waals surface area contributed by atoms with E-state index in [9.17, 15) is 9.59 Å². The van der Waals surface area contributed by atoms with Crippen molar-refractivity contribution in [2.75, 3.05) is 6.61 Å². The van der Waals surface area contributed by atoms with Crippen LogP contribution in [0, 0.1) is 0 Å². The van der Waals surface area contributed by atoms with Gasteiger partial charge in [-0.3, -0.25) is 9.59 Å². The van der Waals surface area contributed by atoms with Crippen LogP contribution >= 0.6 is 0 Å². The van der Waals surface area contributed by atoms with Gasteiger partial charge in [0.2, 0.25) is 6.41 Å². The number of carbonyl (C=O) groups excluding carboxylic acids is 1. The number of amides is 1. The standard InChI is InChI=1S/C13H15NO4/c15-8-14-11(7-13(16)17)9-3-1-5-12-10(9)4-2-6-18-12/h1,3,5,8,11H,2,4,6-7H2,(H,14,15)(H,16,17). The first-order valence-electron chi connectivity index (χ1n) is 5.88. The van der Waals surface area contributed by atoms with Crippen LogP contribution in [0.2, 0.25) is 0 Å². The highest BCUT2D eigenvalue weighted by Crippen LogP contribution is 2.32. The molecule has 0 fully saturated rings. The van der Waals surface area contributed by atoms with E-state index >= 15 is 0 Å². The fourth-order valence-electron chi connectivity index (χ4n) is 2.26. The minimum Gasteiger partial charge on any atom is -0.493 e. The number of carbonyl (C=O) groups is 2. The third kappa shape index (κ3) is 2.61. The summed E-state index contributed by atoms with van der Waals surface area (Å²) in [5.74, 6) is -0.148. The van der Waals surface area contributed by atoms with Crippen molar-refractivity contribution < 1.29 is 19.4 Å². The fourth-order valence-corrected chi connectivity index (χ4v) is 2.26. The van der Waals surface area contributed by atoms with Crippen molar-refractivity contribution in [2.45, 2.75) is 25.3 Å². The van der Waals surface area contributed by atoms with E-state index in [0.29, 0.717) is 13.0 Å². The van der Waals surface area contributed by atoms with Gasteiger partial charge in [-0.25, -0.2) is 0 Å². The van der Waals surface area contributed by atoms with Gasteiger partial charge >= 0.3 is 5.97 Å². The van der Waals surface area contributed by atoms with Crippen LogP contribution in [0.15, 0.2) is 18.2 Å². The molecule has 0 spiro atoms. The average molecular weight is 249 g/mol. The van der Waals surface area contributed by atoms with Gasteiger partial charge in [0.1, 0.15) is 5.75 Å². The molecule has 1 unspecified atom stereocenters. The summed E-state index contributed by atoms with van der Waals surface area (Å²) < 4.78 is 5.53. The predicted octanol–water partition coefficient (Wildman–Crippen LogP) is 1.27. The van der Waals surface area contributed by atoms with Gasteiger partial charge in [0.15, 0.2) is 0 Å². The predicted molar refractivity (Wildman–Crippen MR) is 64.5 cm³/mol. The number of nitrogens with one attached hydrogen (secondary N) is 1. The molecule has 18 heavy (non-hydrogen) atoms. The van der Waals surface area contributed by atoms with Crippen LogP contribution in [0.1, 0.15) is 30.0 Å². The van der Waals surface area contributed by atoms with Crippen LogP contribution in [-0.4, -0.2) is 24.1 Å². The highest BCUT2D eigenvalue weighted by molar-refractivity contribution is 5.69. The Hall–Kier alpha value is -2.04. The first-order chi connectivity index (χ1) is 8.72. The summed E-state index contributed by atoms with van der Waals surface area (Å²) in [5, 5.41) is 11.5. The van der Waals surface area contributed by atoms with Gasteiger partial charge in [-0.05, 0) is 30.0 Å². The van der Waals surface area contributed by atoms with Gasteiger partial charge in [0.05, 0.1) is 19.1 Å². The summed E-state index contributed by atoms with van der Waals surface area (Å²) in [7, 11) is 0. The number of carboxylic acids is 1. The molecule has 96 valence electrons. The summed E-state index contributed by atoms with van der Waals surface area (Å²) in [6.45, 7) is 0.682. The van der Waals surface area contributed by atoms with Crippen LogP contribution in [-0.2, 0) is 16.0 Å². The van der Waals surface area contributed by atoms with Crippen LogP contribution in [0.4, 0.5) is 0 Å². The lowest BCUT2D eigenvalue weighted by Gasteiger charge is -2.24. The maximum absolute atomic E-state index is 10.8. The van der Waals surface area contributed by atoms with E-state index in [0.717, 1.165) is 29.7 Å². The number of hydrogen-bond donors (Lipinski definition) is 2. The minimum absolute atomic E-state index is 0.130. The number of carboxylic acid groups (broad SMARTS) is 1. The van der Waals surface area contributed by atoms with Gasteiger partial charge in [-0.1, -0.05) is 12.1 Å². The molecule has 0 aliphatic carbocycles. The molecule has 1 aromatic carbocycles. The summed E-state index contributed by atoms with van der Waals surface area (Å²) in [5.41, 5.74) is 1.84. The number of aliphatic carboxylic acids is 1. The molecule has 0 aromatic heterocycles. The topological polar surface area (TPSA) is 75.6 Å². The van der Waals surface area contributed by atoms with Crippen LogP contribution in [0.25, 0.3) is 0 Å². The lowest BCUT2D eigenvalue weighted by Crippen LogP contribution is -2.24. The van der Waals surface area contributed by atoms with Crippen molar-refractivity contribution in [2.24, 2.45) is 0 Å². The second-order valence-corrected chi connectivity index (χ2v) is 4.21. The van der Waals surface area contributed by atoms with Crippen molar-refractivity contribution in [1.82, 2.24) is 5.32 Å². The molecule has 1 aliphatic heterocycles. The first kappa shape index (κ1) is 12.4. The van der Waals surface area contributed by atoms with Crippen molar-refractivity contribution in [3.63, 3.8) is 0 Å². The van der Waals surface area contributed by atoms with E-state index in [-0.39, 0.29) is 6.42 Å². The fraction of sp³-hybridized carbons (Fsp3) is 0.385. The summed E-state index contributed by atoms with van der Waals surface area (Å²) in [4.78, 5) is 21.4. The molecule has 2 N–H and O–H groups in total.